The third kappa shape index (κ3) is 3.30. The van der Waals surface area contributed by atoms with E-state index in [-0.39, 0.29) is 6.42 Å². The summed E-state index contributed by atoms with van der Waals surface area (Å²) in [5, 5.41) is 0.536. The highest BCUT2D eigenvalue weighted by Gasteiger charge is 2.23. The molecule has 0 aromatic rings. The second-order valence-electron chi connectivity index (χ2n) is 2.59. The van der Waals surface area contributed by atoms with E-state index in [1.165, 1.54) is 0 Å². The molecule has 0 aliphatic heterocycles. The summed E-state index contributed by atoms with van der Waals surface area (Å²) in [5.41, 5.74) is -0.464. The van der Waals surface area contributed by atoms with Gasteiger partial charge in [-0.3, -0.25) is 0 Å². The topological polar surface area (TPSA) is 0 Å². The average Bonchev–Trinajstić information content (AvgIpc) is 1.87. The molecule has 0 aromatic heterocycles. The standard InChI is InChI=1S/C7H11BrF2/c1-3-7(2,5-8)4-6(9)10/h3,6H,1,4-5H2,2H3. The first kappa shape index (κ1) is 10.1. The van der Waals surface area contributed by atoms with Gasteiger partial charge >= 0.3 is 0 Å². The van der Waals surface area contributed by atoms with Crippen molar-refractivity contribution in [1.82, 2.24) is 0 Å². The van der Waals surface area contributed by atoms with Gasteiger partial charge in [0.05, 0.1) is 0 Å². The Balaban J connectivity index is 3.92. The van der Waals surface area contributed by atoms with Gasteiger partial charge in [0.2, 0.25) is 6.43 Å². The Labute approximate surface area is 68.4 Å². The lowest BCUT2D eigenvalue weighted by molar-refractivity contribution is 0.105. The molecule has 0 aliphatic rings. The Kier molecular flexibility index (Phi) is 4.09. The lowest BCUT2D eigenvalue weighted by Crippen LogP contribution is -2.18. The molecule has 0 heterocycles. The fourth-order valence-electron chi connectivity index (χ4n) is 0.545. The predicted octanol–water partition coefficient (Wildman–Crippen LogP) is 3.23. The van der Waals surface area contributed by atoms with E-state index in [1.807, 2.05) is 0 Å². The van der Waals surface area contributed by atoms with E-state index in [4.69, 9.17) is 0 Å². The molecule has 0 aromatic carbocycles. The summed E-state index contributed by atoms with van der Waals surface area (Å²) in [6.07, 6.45) is -0.809. The maximum absolute atomic E-state index is 11.8. The molecule has 0 aliphatic carbocycles. The van der Waals surface area contributed by atoms with Gasteiger partial charge in [-0.1, -0.05) is 28.9 Å². The highest BCUT2D eigenvalue weighted by Crippen LogP contribution is 2.28. The molecule has 60 valence electrons. The fourth-order valence-corrected chi connectivity index (χ4v) is 1.00. The molecule has 0 saturated carbocycles. The van der Waals surface area contributed by atoms with Crippen LogP contribution in [-0.4, -0.2) is 11.8 Å². The number of rotatable bonds is 4. The maximum atomic E-state index is 11.8. The van der Waals surface area contributed by atoms with Gasteiger partial charge < -0.3 is 0 Å². The van der Waals surface area contributed by atoms with Gasteiger partial charge in [0.1, 0.15) is 0 Å². The first-order valence-corrected chi connectivity index (χ1v) is 4.14. The van der Waals surface area contributed by atoms with E-state index in [1.54, 1.807) is 13.0 Å². The van der Waals surface area contributed by atoms with Crippen LogP contribution < -0.4 is 0 Å². The summed E-state index contributed by atoms with van der Waals surface area (Å²) in [6, 6.07) is 0. The van der Waals surface area contributed by atoms with Crippen LogP contribution in [0.1, 0.15) is 13.3 Å². The van der Waals surface area contributed by atoms with Crippen molar-refractivity contribution in [3.05, 3.63) is 12.7 Å². The average molecular weight is 213 g/mol. The van der Waals surface area contributed by atoms with Crippen molar-refractivity contribution in [2.24, 2.45) is 5.41 Å². The summed E-state index contributed by atoms with van der Waals surface area (Å²) in [7, 11) is 0. The zero-order chi connectivity index (χ0) is 8.20. The SMILES string of the molecule is C=CC(C)(CBr)CC(F)F. The molecule has 10 heavy (non-hydrogen) atoms. The van der Waals surface area contributed by atoms with Crippen LogP contribution in [0.4, 0.5) is 8.78 Å². The monoisotopic (exact) mass is 212 g/mol. The fraction of sp³-hybridized carbons (Fsp3) is 0.714. The van der Waals surface area contributed by atoms with Gasteiger partial charge in [-0.15, -0.1) is 6.58 Å². The van der Waals surface area contributed by atoms with Gasteiger partial charge in [-0.05, 0) is 0 Å². The maximum Gasteiger partial charge on any atom is 0.239 e. The summed E-state index contributed by atoms with van der Waals surface area (Å²) in [6.45, 7) is 5.24. The molecule has 1 atom stereocenters. The summed E-state index contributed by atoms with van der Waals surface area (Å²) in [4.78, 5) is 0. The number of halogens is 3. The Morgan fingerprint density at radius 3 is 2.30 bits per heavy atom. The Morgan fingerprint density at radius 1 is 1.70 bits per heavy atom. The highest BCUT2D eigenvalue weighted by atomic mass is 79.9. The zero-order valence-corrected chi connectivity index (χ0v) is 7.50. The van der Waals surface area contributed by atoms with Crippen LogP contribution in [0, 0.1) is 5.41 Å². The molecule has 0 rings (SSSR count). The Morgan fingerprint density at radius 2 is 2.20 bits per heavy atom. The molecule has 0 bridgehead atoms. The molecule has 0 saturated heterocycles. The van der Waals surface area contributed by atoms with Crippen LogP contribution in [-0.2, 0) is 0 Å². The lowest BCUT2D eigenvalue weighted by atomic mass is 9.90. The molecular formula is C7H11BrF2. The van der Waals surface area contributed by atoms with Gasteiger partial charge in [0.25, 0.3) is 0 Å². The minimum Gasteiger partial charge on any atom is -0.211 e. The molecule has 0 nitrogen and oxygen atoms in total. The molecule has 1 unspecified atom stereocenters. The molecule has 0 N–H and O–H groups in total. The van der Waals surface area contributed by atoms with Crippen molar-refractivity contribution in [1.29, 1.82) is 0 Å². The van der Waals surface area contributed by atoms with Crippen LogP contribution in [0.2, 0.25) is 0 Å². The van der Waals surface area contributed by atoms with Gasteiger partial charge in [0.15, 0.2) is 0 Å². The minimum absolute atomic E-state index is 0.123. The first-order valence-electron chi connectivity index (χ1n) is 3.02. The smallest absolute Gasteiger partial charge is 0.211 e. The minimum atomic E-state index is -2.25. The Bertz CT molecular complexity index is 114. The van der Waals surface area contributed by atoms with Gasteiger partial charge in [-0.2, -0.15) is 0 Å². The zero-order valence-electron chi connectivity index (χ0n) is 5.91. The summed E-state index contributed by atoms with van der Waals surface area (Å²) in [5.74, 6) is 0. The molecule has 0 fully saturated rings. The summed E-state index contributed by atoms with van der Waals surface area (Å²) >= 11 is 3.16. The van der Waals surface area contributed by atoms with E-state index in [2.05, 4.69) is 22.5 Å². The number of hydrogen-bond acceptors (Lipinski definition) is 0. The van der Waals surface area contributed by atoms with Crippen molar-refractivity contribution in [2.75, 3.05) is 5.33 Å². The molecule has 3 heteroatoms. The molecule has 0 spiro atoms. The van der Waals surface area contributed by atoms with E-state index >= 15 is 0 Å². The van der Waals surface area contributed by atoms with Gasteiger partial charge in [-0.25, -0.2) is 8.78 Å². The third-order valence-corrected chi connectivity index (χ3v) is 2.70. The highest BCUT2D eigenvalue weighted by molar-refractivity contribution is 9.09. The second-order valence-corrected chi connectivity index (χ2v) is 3.15. The van der Waals surface area contributed by atoms with Crippen molar-refractivity contribution in [3.8, 4) is 0 Å². The van der Waals surface area contributed by atoms with Crippen molar-refractivity contribution < 1.29 is 8.78 Å². The van der Waals surface area contributed by atoms with Crippen LogP contribution in [0.15, 0.2) is 12.7 Å². The van der Waals surface area contributed by atoms with Crippen LogP contribution in [0.5, 0.6) is 0 Å². The van der Waals surface area contributed by atoms with E-state index < -0.39 is 11.8 Å². The Hall–Kier alpha value is 0.0800. The van der Waals surface area contributed by atoms with E-state index in [0.717, 1.165) is 0 Å². The number of alkyl halides is 3. The van der Waals surface area contributed by atoms with Crippen molar-refractivity contribution in [2.45, 2.75) is 19.8 Å². The van der Waals surface area contributed by atoms with E-state index in [9.17, 15) is 8.78 Å². The lowest BCUT2D eigenvalue weighted by Gasteiger charge is -2.21. The molecule has 0 radical (unpaired) electrons. The quantitative estimate of drug-likeness (QED) is 0.496. The predicted molar refractivity (Wildman–Crippen MR) is 42.7 cm³/mol. The van der Waals surface area contributed by atoms with Crippen molar-refractivity contribution in [3.63, 3.8) is 0 Å². The summed E-state index contributed by atoms with van der Waals surface area (Å²) < 4.78 is 23.7. The largest absolute Gasteiger partial charge is 0.239 e. The van der Waals surface area contributed by atoms with Crippen LogP contribution in [0.25, 0.3) is 0 Å². The van der Waals surface area contributed by atoms with Crippen LogP contribution in [0.3, 0.4) is 0 Å². The van der Waals surface area contributed by atoms with Crippen LogP contribution >= 0.6 is 15.9 Å². The van der Waals surface area contributed by atoms with Gasteiger partial charge in [0, 0.05) is 17.2 Å². The second kappa shape index (κ2) is 4.06. The first-order chi connectivity index (χ1) is 4.54. The van der Waals surface area contributed by atoms with Crippen molar-refractivity contribution >= 4 is 15.9 Å². The third-order valence-electron chi connectivity index (χ3n) is 1.42. The number of hydrogen-bond donors (Lipinski definition) is 0. The van der Waals surface area contributed by atoms with E-state index in [0.29, 0.717) is 5.33 Å². The molecular weight excluding hydrogens is 202 g/mol. The molecule has 0 amide bonds. The normalized spacial score (nSPS) is 16.9. The number of allylic oxidation sites excluding steroid dienone is 1.